The van der Waals surface area contributed by atoms with E-state index in [9.17, 15) is 9.18 Å². The van der Waals surface area contributed by atoms with Gasteiger partial charge in [0.1, 0.15) is 17.2 Å². The molecule has 1 aromatic heterocycles. The lowest BCUT2D eigenvalue weighted by Gasteiger charge is -2.12. The summed E-state index contributed by atoms with van der Waals surface area (Å²) in [5, 5.41) is 0.286. The highest BCUT2D eigenvalue weighted by Gasteiger charge is 2.30. The van der Waals surface area contributed by atoms with E-state index in [1.165, 1.54) is 12.1 Å². The Balaban J connectivity index is 0.000000368. The molecular weight excluding hydrogens is 325 g/mol. The Morgan fingerprint density at radius 2 is 1.88 bits per heavy atom. The SMILES string of the molecule is CC(C)(C)S.Cc1c(C2CC2)oc2c(C(C)N)cc(F)cc2c1=O. The first kappa shape index (κ1) is 19.0. The summed E-state index contributed by atoms with van der Waals surface area (Å²) in [5.41, 5.74) is 7.28. The van der Waals surface area contributed by atoms with Gasteiger partial charge in [0.05, 0.1) is 5.39 Å². The third-order valence-electron chi connectivity index (χ3n) is 3.69. The number of halogens is 1. The standard InChI is InChI=1S/C15H16FNO2.C4H10S/c1-7-13(18)12-6-10(16)5-11(8(2)17)15(12)19-14(7)9-3-4-9;1-4(2,3)5/h5-6,8-9H,3-4,17H2,1-2H3;5H,1-3H3. The molecule has 1 aliphatic carbocycles. The van der Waals surface area contributed by atoms with Crippen molar-refractivity contribution >= 4 is 23.6 Å². The maximum Gasteiger partial charge on any atom is 0.195 e. The van der Waals surface area contributed by atoms with Gasteiger partial charge in [-0.05, 0) is 38.8 Å². The van der Waals surface area contributed by atoms with Crippen LogP contribution in [0.2, 0.25) is 0 Å². The molecule has 1 fully saturated rings. The van der Waals surface area contributed by atoms with Gasteiger partial charge in [-0.3, -0.25) is 4.79 Å². The molecular formula is C19H26FNO2S. The smallest absolute Gasteiger partial charge is 0.195 e. The summed E-state index contributed by atoms with van der Waals surface area (Å²) in [6.07, 6.45) is 2.09. The highest BCUT2D eigenvalue weighted by molar-refractivity contribution is 7.81. The quantitative estimate of drug-likeness (QED) is 0.760. The normalized spacial score (nSPS) is 15.8. The largest absolute Gasteiger partial charge is 0.460 e. The molecule has 0 radical (unpaired) electrons. The van der Waals surface area contributed by atoms with E-state index in [1.807, 2.05) is 0 Å². The van der Waals surface area contributed by atoms with Gasteiger partial charge >= 0.3 is 0 Å². The second-order valence-corrected chi connectivity index (χ2v) is 8.87. The second-order valence-electron chi connectivity index (χ2n) is 7.53. The average molecular weight is 351 g/mol. The van der Waals surface area contributed by atoms with Crippen LogP contribution < -0.4 is 11.2 Å². The maximum atomic E-state index is 13.6. The summed E-state index contributed by atoms with van der Waals surface area (Å²) in [6, 6.07) is 2.20. The molecule has 1 atom stereocenters. The van der Waals surface area contributed by atoms with Crippen LogP contribution in [0.5, 0.6) is 0 Å². The van der Waals surface area contributed by atoms with E-state index in [0.717, 1.165) is 18.6 Å². The summed E-state index contributed by atoms with van der Waals surface area (Å²) in [5.74, 6) is 0.625. The Labute approximate surface area is 147 Å². The van der Waals surface area contributed by atoms with Gasteiger partial charge < -0.3 is 10.2 Å². The third-order valence-corrected chi connectivity index (χ3v) is 3.69. The minimum Gasteiger partial charge on any atom is -0.460 e. The maximum absolute atomic E-state index is 13.6. The first-order chi connectivity index (χ1) is 11.0. The molecule has 3 nitrogen and oxygen atoms in total. The summed E-state index contributed by atoms with van der Waals surface area (Å²) in [6.45, 7) is 9.66. The predicted octanol–water partition coefficient (Wildman–Crippen LogP) is 4.85. The van der Waals surface area contributed by atoms with E-state index in [1.54, 1.807) is 13.8 Å². The lowest BCUT2D eigenvalue weighted by molar-refractivity contribution is 0.524. The van der Waals surface area contributed by atoms with Crippen LogP contribution in [0.15, 0.2) is 21.3 Å². The van der Waals surface area contributed by atoms with Crippen molar-refractivity contribution in [1.82, 2.24) is 0 Å². The summed E-state index contributed by atoms with van der Waals surface area (Å²) in [4.78, 5) is 12.3. The first-order valence-corrected chi connectivity index (χ1v) is 8.68. The second kappa shape index (κ2) is 6.89. The van der Waals surface area contributed by atoms with Crippen LogP contribution in [0.3, 0.4) is 0 Å². The van der Waals surface area contributed by atoms with Crippen LogP contribution in [-0.4, -0.2) is 4.75 Å². The molecule has 0 bridgehead atoms. The Morgan fingerprint density at radius 1 is 1.33 bits per heavy atom. The van der Waals surface area contributed by atoms with Crippen LogP contribution in [0.25, 0.3) is 11.0 Å². The van der Waals surface area contributed by atoms with Crippen molar-refractivity contribution in [3.63, 3.8) is 0 Å². The van der Waals surface area contributed by atoms with Crippen LogP contribution in [-0.2, 0) is 0 Å². The van der Waals surface area contributed by atoms with Gasteiger partial charge in [-0.2, -0.15) is 12.6 Å². The van der Waals surface area contributed by atoms with Crippen LogP contribution in [0.1, 0.15) is 69.4 Å². The van der Waals surface area contributed by atoms with Gasteiger partial charge in [-0.1, -0.05) is 20.8 Å². The molecule has 2 N–H and O–H groups in total. The number of rotatable bonds is 2. The number of nitrogens with two attached hydrogens (primary N) is 1. The molecule has 1 heterocycles. The molecule has 0 aliphatic heterocycles. The molecule has 1 unspecified atom stereocenters. The van der Waals surface area contributed by atoms with E-state index in [2.05, 4.69) is 33.4 Å². The molecule has 24 heavy (non-hydrogen) atoms. The van der Waals surface area contributed by atoms with Crippen molar-refractivity contribution in [1.29, 1.82) is 0 Å². The van der Waals surface area contributed by atoms with Gasteiger partial charge in [-0.15, -0.1) is 0 Å². The van der Waals surface area contributed by atoms with Gasteiger partial charge in [0, 0.05) is 27.8 Å². The van der Waals surface area contributed by atoms with E-state index in [4.69, 9.17) is 10.2 Å². The minimum absolute atomic E-state index is 0.149. The zero-order valence-electron chi connectivity index (χ0n) is 14.9. The average Bonchev–Trinajstić information content (AvgIpc) is 3.25. The van der Waals surface area contributed by atoms with E-state index in [-0.39, 0.29) is 21.6 Å². The van der Waals surface area contributed by atoms with E-state index < -0.39 is 5.82 Å². The Hall–Kier alpha value is -1.33. The fourth-order valence-corrected chi connectivity index (χ4v) is 2.47. The topological polar surface area (TPSA) is 56.2 Å². The van der Waals surface area contributed by atoms with Gasteiger partial charge in [0.2, 0.25) is 0 Å². The molecule has 0 amide bonds. The van der Waals surface area contributed by atoms with Crippen LogP contribution in [0.4, 0.5) is 4.39 Å². The van der Waals surface area contributed by atoms with Crippen molar-refractivity contribution in [2.24, 2.45) is 5.73 Å². The Bertz CT molecular complexity index is 796. The fraction of sp³-hybridized carbons (Fsp3) is 0.526. The Kier molecular flexibility index (Phi) is 5.45. The molecule has 5 heteroatoms. The van der Waals surface area contributed by atoms with Crippen LogP contribution in [0, 0.1) is 12.7 Å². The highest BCUT2D eigenvalue weighted by Crippen LogP contribution is 2.42. The van der Waals surface area contributed by atoms with Gasteiger partial charge in [0.25, 0.3) is 0 Å². The zero-order valence-corrected chi connectivity index (χ0v) is 15.8. The third kappa shape index (κ3) is 4.61. The molecule has 3 rings (SSSR count). The number of hydrogen-bond acceptors (Lipinski definition) is 4. The zero-order chi connectivity index (χ0) is 18.2. The lowest BCUT2D eigenvalue weighted by Crippen LogP contribution is -2.13. The lowest BCUT2D eigenvalue weighted by atomic mass is 10.0. The Morgan fingerprint density at radius 3 is 2.33 bits per heavy atom. The van der Waals surface area contributed by atoms with E-state index in [0.29, 0.717) is 22.6 Å². The summed E-state index contributed by atoms with van der Waals surface area (Å²) >= 11 is 4.12. The number of hydrogen-bond donors (Lipinski definition) is 2. The molecule has 2 aromatic rings. The number of fused-ring (bicyclic) bond motifs is 1. The minimum atomic E-state index is -0.453. The molecule has 1 saturated carbocycles. The molecule has 132 valence electrons. The van der Waals surface area contributed by atoms with Crippen molar-refractivity contribution in [3.05, 3.63) is 45.1 Å². The fourth-order valence-electron chi connectivity index (χ4n) is 2.47. The number of thiol groups is 1. The summed E-state index contributed by atoms with van der Waals surface area (Å²) < 4.78 is 19.7. The highest BCUT2D eigenvalue weighted by atomic mass is 32.1. The van der Waals surface area contributed by atoms with Crippen molar-refractivity contribution < 1.29 is 8.81 Å². The van der Waals surface area contributed by atoms with Crippen molar-refractivity contribution in [2.45, 2.75) is 64.2 Å². The van der Waals surface area contributed by atoms with Gasteiger partial charge in [-0.25, -0.2) is 4.39 Å². The number of benzene rings is 1. The summed E-state index contributed by atoms with van der Waals surface area (Å²) in [7, 11) is 0. The van der Waals surface area contributed by atoms with Crippen molar-refractivity contribution in [3.8, 4) is 0 Å². The predicted molar refractivity (Wildman–Crippen MR) is 100 cm³/mol. The van der Waals surface area contributed by atoms with E-state index >= 15 is 0 Å². The van der Waals surface area contributed by atoms with Crippen LogP contribution >= 0.6 is 12.6 Å². The van der Waals surface area contributed by atoms with Crippen molar-refractivity contribution in [2.75, 3.05) is 0 Å². The van der Waals surface area contributed by atoms with Gasteiger partial charge in [0.15, 0.2) is 5.43 Å². The molecule has 0 spiro atoms. The molecule has 1 aliphatic rings. The first-order valence-electron chi connectivity index (χ1n) is 8.23. The molecule has 0 saturated heterocycles. The monoisotopic (exact) mass is 351 g/mol. The molecule has 1 aromatic carbocycles.